The predicted molar refractivity (Wildman–Crippen MR) is 116 cm³/mol. The number of anilines is 2. The number of ether oxygens (including phenoxy) is 1. The number of cyclic esters (lactones) is 1. The first-order valence-electron chi connectivity index (χ1n) is 10.9. The number of benzene rings is 1. The molecule has 0 radical (unpaired) electrons. The van der Waals surface area contributed by atoms with Gasteiger partial charge in [0, 0.05) is 44.4 Å². The Kier molecular flexibility index (Phi) is 7.01. The average Bonchev–Trinajstić information content (AvgIpc) is 3.35. The van der Waals surface area contributed by atoms with E-state index in [1.165, 1.54) is 27.7 Å². The van der Waals surface area contributed by atoms with Crippen molar-refractivity contribution < 1.29 is 27.9 Å². The standard InChI is InChI=1S/C21H25F2N7O4/c1-14(31)2-3-16-12-29(21(33)34-16)15-10-17(22)20(18(23)11-15)27-6-5-25-30(9-8-27)19(32)13-28-7-4-24-26-28/h4,7,10-11,16,25H,2-3,5-6,8-9,12-13H2,1H3/t16-/m0/s1. The molecule has 4 rings (SSSR count). The number of hydrazine groups is 1. The van der Waals surface area contributed by atoms with Crippen molar-refractivity contribution in [2.24, 2.45) is 0 Å². The third kappa shape index (κ3) is 5.30. The molecule has 2 amide bonds. The Labute approximate surface area is 194 Å². The van der Waals surface area contributed by atoms with Crippen molar-refractivity contribution in [2.45, 2.75) is 32.4 Å². The summed E-state index contributed by atoms with van der Waals surface area (Å²) in [4.78, 5) is 38.5. The number of carbonyl (C=O) groups excluding carboxylic acids is 3. The number of hydrogen-bond donors (Lipinski definition) is 1. The van der Waals surface area contributed by atoms with Gasteiger partial charge in [-0.2, -0.15) is 0 Å². The molecule has 2 aliphatic rings. The zero-order valence-electron chi connectivity index (χ0n) is 18.6. The summed E-state index contributed by atoms with van der Waals surface area (Å²) in [6, 6.07) is 2.19. The van der Waals surface area contributed by atoms with Gasteiger partial charge in [-0.3, -0.25) is 14.7 Å². The highest BCUT2D eigenvalue weighted by Crippen LogP contribution is 2.31. The normalized spacial score (nSPS) is 18.7. The highest BCUT2D eigenvalue weighted by atomic mass is 19.1. The predicted octanol–water partition coefficient (Wildman–Crippen LogP) is 1.10. The maximum atomic E-state index is 15.0. The monoisotopic (exact) mass is 477 g/mol. The molecule has 2 aliphatic heterocycles. The molecule has 0 bridgehead atoms. The molecule has 1 N–H and O–H groups in total. The first kappa shape index (κ1) is 23.5. The zero-order chi connectivity index (χ0) is 24.2. The van der Waals surface area contributed by atoms with E-state index in [1.807, 2.05) is 0 Å². The van der Waals surface area contributed by atoms with Gasteiger partial charge in [0.05, 0.1) is 25.0 Å². The van der Waals surface area contributed by atoms with Crippen molar-refractivity contribution in [3.63, 3.8) is 0 Å². The molecule has 0 unspecified atom stereocenters. The van der Waals surface area contributed by atoms with Gasteiger partial charge >= 0.3 is 6.09 Å². The van der Waals surface area contributed by atoms with Gasteiger partial charge in [-0.05, 0) is 13.3 Å². The Morgan fingerprint density at radius 2 is 1.97 bits per heavy atom. The highest BCUT2D eigenvalue weighted by molar-refractivity contribution is 5.90. The van der Waals surface area contributed by atoms with Gasteiger partial charge in [0.2, 0.25) is 0 Å². The van der Waals surface area contributed by atoms with E-state index in [-0.39, 0.29) is 62.2 Å². The lowest BCUT2D eigenvalue weighted by molar-refractivity contribution is -0.134. The molecular weight excluding hydrogens is 452 g/mol. The first-order chi connectivity index (χ1) is 16.3. The van der Waals surface area contributed by atoms with Crippen molar-refractivity contribution >= 4 is 29.2 Å². The van der Waals surface area contributed by atoms with Gasteiger partial charge < -0.3 is 14.4 Å². The van der Waals surface area contributed by atoms with Crippen LogP contribution in [0.4, 0.5) is 25.0 Å². The largest absolute Gasteiger partial charge is 0.444 e. The van der Waals surface area contributed by atoms with Crippen LogP contribution in [-0.2, 0) is 20.9 Å². The molecule has 0 aliphatic carbocycles. The Hall–Kier alpha value is -3.61. The fraction of sp³-hybridized carbons (Fsp3) is 0.476. The highest BCUT2D eigenvalue weighted by Gasteiger charge is 2.34. The maximum Gasteiger partial charge on any atom is 0.414 e. The summed E-state index contributed by atoms with van der Waals surface area (Å²) in [5.74, 6) is -1.92. The second-order valence-corrected chi connectivity index (χ2v) is 8.16. The Balaban J connectivity index is 1.42. The Morgan fingerprint density at radius 1 is 1.21 bits per heavy atom. The van der Waals surface area contributed by atoms with Crippen LogP contribution in [0.5, 0.6) is 0 Å². The van der Waals surface area contributed by atoms with Gasteiger partial charge in [-0.1, -0.05) is 5.21 Å². The number of rotatable bonds is 7. The zero-order valence-corrected chi connectivity index (χ0v) is 18.6. The van der Waals surface area contributed by atoms with E-state index in [1.54, 1.807) is 6.20 Å². The third-order valence-corrected chi connectivity index (χ3v) is 5.67. The van der Waals surface area contributed by atoms with Crippen LogP contribution in [0, 0.1) is 11.6 Å². The molecule has 182 valence electrons. The van der Waals surface area contributed by atoms with E-state index < -0.39 is 23.8 Å². The Bertz CT molecular complexity index is 1040. The number of nitrogens with zero attached hydrogens (tertiary/aromatic N) is 6. The third-order valence-electron chi connectivity index (χ3n) is 5.67. The summed E-state index contributed by atoms with van der Waals surface area (Å²) in [5.41, 5.74) is 2.78. The van der Waals surface area contributed by atoms with E-state index in [0.29, 0.717) is 13.0 Å². The van der Waals surface area contributed by atoms with Crippen LogP contribution in [-0.4, -0.2) is 76.6 Å². The number of Topliss-reactive ketones (excluding diaryl/α,β-unsaturated/α-hetero) is 1. The molecule has 2 aromatic rings. The first-order valence-corrected chi connectivity index (χ1v) is 10.9. The van der Waals surface area contributed by atoms with Crippen LogP contribution in [0.2, 0.25) is 0 Å². The van der Waals surface area contributed by atoms with Crippen LogP contribution < -0.4 is 15.2 Å². The number of halogens is 2. The fourth-order valence-corrected chi connectivity index (χ4v) is 3.97. The van der Waals surface area contributed by atoms with Crippen molar-refractivity contribution in [3.05, 3.63) is 36.2 Å². The van der Waals surface area contributed by atoms with Crippen molar-refractivity contribution in [2.75, 3.05) is 42.5 Å². The second kappa shape index (κ2) is 10.1. The summed E-state index contributed by atoms with van der Waals surface area (Å²) < 4.78 is 36.7. The molecule has 1 atom stereocenters. The number of carbonyl (C=O) groups is 3. The van der Waals surface area contributed by atoms with Crippen LogP contribution in [0.1, 0.15) is 19.8 Å². The minimum absolute atomic E-state index is 0.0102. The number of ketones is 1. The second-order valence-electron chi connectivity index (χ2n) is 8.16. The van der Waals surface area contributed by atoms with Gasteiger partial charge in [-0.25, -0.2) is 23.7 Å². The smallest absolute Gasteiger partial charge is 0.414 e. The average molecular weight is 477 g/mol. The number of amides is 2. The van der Waals surface area contributed by atoms with E-state index in [2.05, 4.69) is 15.7 Å². The van der Waals surface area contributed by atoms with E-state index >= 15 is 8.78 Å². The lowest BCUT2D eigenvalue weighted by Gasteiger charge is -2.25. The van der Waals surface area contributed by atoms with Gasteiger partial charge in [-0.15, -0.1) is 5.10 Å². The molecule has 1 aromatic carbocycles. The lowest BCUT2D eigenvalue weighted by atomic mass is 10.1. The molecule has 2 fully saturated rings. The number of aromatic nitrogens is 3. The summed E-state index contributed by atoms with van der Waals surface area (Å²) in [5, 5.41) is 8.81. The van der Waals surface area contributed by atoms with Crippen molar-refractivity contribution in [1.82, 2.24) is 25.4 Å². The molecule has 2 saturated heterocycles. The fourth-order valence-electron chi connectivity index (χ4n) is 3.97. The van der Waals surface area contributed by atoms with Crippen molar-refractivity contribution in [3.8, 4) is 0 Å². The van der Waals surface area contributed by atoms with Crippen LogP contribution in [0.25, 0.3) is 0 Å². The summed E-state index contributed by atoms with van der Waals surface area (Å²) >= 11 is 0. The SMILES string of the molecule is CC(=O)CC[C@H]1CN(c2cc(F)c(N3CCNN(C(=O)Cn4ccnn4)CC3)c(F)c2)C(=O)O1. The topological polar surface area (TPSA) is 113 Å². The van der Waals surface area contributed by atoms with Crippen LogP contribution >= 0.6 is 0 Å². The summed E-state index contributed by atoms with van der Waals surface area (Å²) in [6.07, 6.45) is 2.42. The maximum absolute atomic E-state index is 15.0. The van der Waals surface area contributed by atoms with E-state index in [4.69, 9.17) is 4.74 Å². The number of nitrogens with one attached hydrogen (secondary N) is 1. The van der Waals surface area contributed by atoms with Gasteiger partial charge in [0.1, 0.15) is 24.1 Å². The van der Waals surface area contributed by atoms with Crippen LogP contribution in [0.3, 0.4) is 0 Å². The number of hydrogen-bond acceptors (Lipinski definition) is 8. The molecule has 11 nitrogen and oxygen atoms in total. The molecule has 1 aromatic heterocycles. The minimum atomic E-state index is -0.822. The van der Waals surface area contributed by atoms with Crippen molar-refractivity contribution in [1.29, 1.82) is 0 Å². The molecule has 13 heteroatoms. The van der Waals surface area contributed by atoms with Gasteiger partial charge in [0.15, 0.2) is 11.6 Å². The van der Waals surface area contributed by atoms with E-state index in [9.17, 15) is 14.4 Å². The molecular formula is C21H25F2N7O4. The molecule has 34 heavy (non-hydrogen) atoms. The molecule has 0 spiro atoms. The Morgan fingerprint density at radius 3 is 2.65 bits per heavy atom. The minimum Gasteiger partial charge on any atom is -0.444 e. The molecule has 0 saturated carbocycles. The molecule has 3 heterocycles. The quantitative estimate of drug-likeness (QED) is 0.631. The lowest BCUT2D eigenvalue weighted by Crippen LogP contribution is -2.45. The summed E-state index contributed by atoms with van der Waals surface area (Å²) in [7, 11) is 0. The summed E-state index contributed by atoms with van der Waals surface area (Å²) in [6.45, 7) is 2.50. The van der Waals surface area contributed by atoms with Gasteiger partial charge in [0.25, 0.3) is 5.91 Å². The van der Waals surface area contributed by atoms with Crippen LogP contribution in [0.15, 0.2) is 24.5 Å². The van der Waals surface area contributed by atoms with E-state index in [0.717, 1.165) is 17.0 Å².